The Kier molecular flexibility index (Phi) is 15.1. The van der Waals surface area contributed by atoms with Crippen molar-refractivity contribution in [1.82, 2.24) is 0 Å². The highest BCUT2D eigenvalue weighted by atomic mass is 31.1. The number of rotatable bonds is 11. The second-order valence-electron chi connectivity index (χ2n) is 5.92. The zero-order valence-corrected chi connectivity index (χ0v) is 16.9. The SMILES string of the molecule is CCCC.CCCCN(CCCC)c1ccc(CO[PH](=O)O)cc1. The third kappa shape index (κ3) is 11.7. The molecule has 0 fully saturated rings. The van der Waals surface area contributed by atoms with Crippen LogP contribution in [0.3, 0.4) is 0 Å². The summed E-state index contributed by atoms with van der Waals surface area (Å²) >= 11 is 0. The molecule has 0 aromatic heterocycles. The molecule has 0 radical (unpaired) electrons. The molecule has 1 aromatic rings. The molecule has 0 aliphatic rings. The maximum atomic E-state index is 10.5. The second-order valence-corrected chi connectivity index (χ2v) is 6.74. The van der Waals surface area contributed by atoms with Crippen molar-refractivity contribution in [2.45, 2.75) is 72.8 Å². The third-order valence-corrected chi connectivity index (χ3v) is 4.12. The highest BCUT2D eigenvalue weighted by Gasteiger charge is 2.05. The summed E-state index contributed by atoms with van der Waals surface area (Å²) < 4.78 is 15.3. The van der Waals surface area contributed by atoms with Crippen LogP contribution in [0.2, 0.25) is 0 Å². The molecule has 0 spiro atoms. The van der Waals surface area contributed by atoms with E-state index in [9.17, 15) is 4.57 Å². The van der Waals surface area contributed by atoms with Crippen LogP contribution in [-0.4, -0.2) is 18.0 Å². The average molecular weight is 357 g/mol. The summed E-state index contributed by atoms with van der Waals surface area (Å²) in [7, 11) is -2.84. The number of unbranched alkanes of at least 4 members (excludes halogenated alkanes) is 3. The van der Waals surface area contributed by atoms with Gasteiger partial charge in [-0.1, -0.05) is 65.5 Å². The fourth-order valence-electron chi connectivity index (χ4n) is 2.02. The summed E-state index contributed by atoms with van der Waals surface area (Å²) in [6.07, 6.45) is 7.42. The monoisotopic (exact) mass is 357 g/mol. The number of hydrogen-bond acceptors (Lipinski definition) is 3. The van der Waals surface area contributed by atoms with Crippen molar-refractivity contribution in [1.29, 1.82) is 0 Å². The molecule has 4 nitrogen and oxygen atoms in total. The molecule has 24 heavy (non-hydrogen) atoms. The first-order chi connectivity index (χ1) is 11.6. The predicted octanol–water partition coefficient (Wildman–Crippen LogP) is 5.80. The van der Waals surface area contributed by atoms with Crippen LogP contribution in [-0.2, 0) is 15.7 Å². The third-order valence-electron chi connectivity index (χ3n) is 3.73. The maximum absolute atomic E-state index is 10.5. The van der Waals surface area contributed by atoms with E-state index >= 15 is 0 Å². The van der Waals surface area contributed by atoms with E-state index in [1.54, 1.807) is 0 Å². The van der Waals surface area contributed by atoms with Gasteiger partial charge in [0.15, 0.2) is 0 Å². The minimum Gasteiger partial charge on any atom is -0.372 e. The molecule has 1 rings (SSSR count). The van der Waals surface area contributed by atoms with Gasteiger partial charge in [0.2, 0.25) is 0 Å². The summed E-state index contributed by atoms with van der Waals surface area (Å²) in [6.45, 7) is 11.1. The molecule has 0 aliphatic carbocycles. The van der Waals surface area contributed by atoms with E-state index in [1.807, 2.05) is 12.1 Å². The van der Waals surface area contributed by atoms with Crippen molar-refractivity contribution < 1.29 is 14.0 Å². The molecular weight excluding hydrogens is 321 g/mol. The van der Waals surface area contributed by atoms with Crippen LogP contribution in [0.15, 0.2) is 24.3 Å². The number of anilines is 1. The second kappa shape index (κ2) is 15.7. The summed E-state index contributed by atoms with van der Waals surface area (Å²) in [4.78, 5) is 11.1. The van der Waals surface area contributed by atoms with E-state index < -0.39 is 8.25 Å². The zero-order chi connectivity index (χ0) is 18.2. The Morgan fingerprint density at radius 3 is 1.79 bits per heavy atom. The van der Waals surface area contributed by atoms with Crippen LogP contribution in [0.25, 0.3) is 0 Å². The van der Waals surface area contributed by atoms with E-state index in [4.69, 9.17) is 9.42 Å². The van der Waals surface area contributed by atoms with Gasteiger partial charge in [0.05, 0.1) is 6.61 Å². The van der Waals surface area contributed by atoms with Gasteiger partial charge in [-0.2, -0.15) is 0 Å². The van der Waals surface area contributed by atoms with Gasteiger partial charge >= 0.3 is 8.25 Å². The molecule has 5 heteroatoms. The van der Waals surface area contributed by atoms with Crippen molar-refractivity contribution in [3.8, 4) is 0 Å². The van der Waals surface area contributed by atoms with Gasteiger partial charge in [-0.05, 0) is 30.5 Å². The van der Waals surface area contributed by atoms with Crippen LogP contribution < -0.4 is 4.90 Å². The topological polar surface area (TPSA) is 49.8 Å². The quantitative estimate of drug-likeness (QED) is 0.509. The van der Waals surface area contributed by atoms with Gasteiger partial charge in [0, 0.05) is 18.8 Å². The van der Waals surface area contributed by atoms with Crippen LogP contribution in [0.4, 0.5) is 5.69 Å². The maximum Gasteiger partial charge on any atom is 0.316 e. The van der Waals surface area contributed by atoms with Gasteiger partial charge < -0.3 is 14.3 Å². The van der Waals surface area contributed by atoms with Crippen molar-refractivity contribution >= 4 is 13.9 Å². The fourth-order valence-corrected chi connectivity index (χ4v) is 2.31. The highest BCUT2D eigenvalue weighted by Crippen LogP contribution is 2.21. The average Bonchev–Trinajstić information content (AvgIpc) is 2.61. The predicted molar refractivity (Wildman–Crippen MR) is 105 cm³/mol. The number of hydrogen-bond donors (Lipinski definition) is 1. The van der Waals surface area contributed by atoms with Crippen LogP contribution in [0, 0.1) is 0 Å². The lowest BCUT2D eigenvalue weighted by atomic mass is 10.2. The molecule has 0 aliphatic heterocycles. The van der Waals surface area contributed by atoms with Crippen LogP contribution in [0.1, 0.15) is 71.8 Å². The molecule has 0 bridgehead atoms. The Morgan fingerprint density at radius 2 is 1.42 bits per heavy atom. The van der Waals surface area contributed by atoms with E-state index in [2.05, 4.69) is 44.7 Å². The molecule has 0 heterocycles. The summed E-state index contributed by atoms with van der Waals surface area (Å²) in [5.74, 6) is 0. The van der Waals surface area contributed by atoms with Crippen LogP contribution >= 0.6 is 8.25 Å². The lowest BCUT2D eigenvalue weighted by Gasteiger charge is -2.25. The van der Waals surface area contributed by atoms with Crippen molar-refractivity contribution in [2.75, 3.05) is 18.0 Å². The molecule has 1 atom stereocenters. The van der Waals surface area contributed by atoms with Gasteiger partial charge in [0.25, 0.3) is 0 Å². The lowest BCUT2D eigenvalue weighted by Crippen LogP contribution is -2.25. The first-order valence-electron chi connectivity index (χ1n) is 9.28. The zero-order valence-electron chi connectivity index (χ0n) is 15.9. The van der Waals surface area contributed by atoms with E-state index in [1.165, 1.54) is 44.2 Å². The van der Waals surface area contributed by atoms with Gasteiger partial charge in [0.1, 0.15) is 0 Å². The normalized spacial score (nSPS) is 11.5. The molecule has 140 valence electrons. The van der Waals surface area contributed by atoms with Crippen molar-refractivity contribution in [2.24, 2.45) is 0 Å². The lowest BCUT2D eigenvalue weighted by molar-refractivity contribution is 0.272. The summed E-state index contributed by atoms with van der Waals surface area (Å²) in [5, 5.41) is 0. The fraction of sp³-hybridized carbons (Fsp3) is 0.684. The van der Waals surface area contributed by atoms with Gasteiger partial charge in [-0.3, -0.25) is 4.57 Å². The summed E-state index contributed by atoms with van der Waals surface area (Å²) in [6, 6.07) is 8.06. The van der Waals surface area contributed by atoms with Crippen molar-refractivity contribution in [3.63, 3.8) is 0 Å². The number of benzene rings is 1. The Bertz CT molecular complexity index is 413. The van der Waals surface area contributed by atoms with Gasteiger partial charge in [-0.15, -0.1) is 0 Å². The van der Waals surface area contributed by atoms with Gasteiger partial charge in [-0.25, -0.2) is 0 Å². The molecule has 1 N–H and O–H groups in total. The van der Waals surface area contributed by atoms with Crippen molar-refractivity contribution in [3.05, 3.63) is 29.8 Å². The first kappa shape index (κ1) is 23.2. The minimum absolute atomic E-state index is 0.193. The summed E-state index contributed by atoms with van der Waals surface area (Å²) in [5.41, 5.74) is 2.14. The Balaban J connectivity index is 0.00000118. The van der Waals surface area contributed by atoms with E-state index in [0.29, 0.717) is 0 Å². The minimum atomic E-state index is -2.84. The largest absolute Gasteiger partial charge is 0.372 e. The molecule has 0 amide bonds. The molecule has 0 saturated carbocycles. The van der Waals surface area contributed by atoms with E-state index in [-0.39, 0.29) is 6.61 Å². The first-order valence-corrected chi connectivity index (χ1v) is 10.5. The smallest absolute Gasteiger partial charge is 0.316 e. The Labute approximate surface area is 149 Å². The Hall–Kier alpha value is -0.830. The van der Waals surface area contributed by atoms with E-state index in [0.717, 1.165) is 18.7 Å². The molecule has 1 aromatic carbocycles. The number of nitrogens with zero attached hydrogens (tertiary/aromatic N) is 1. The Morgan fingerprint density at radius 1 is 0.917 bits per heavy atom. The standard InChI is InChI=1S/C15H26NO3P.C4H10/c1-3-5-11-16(12-6-4-2)15-9-7-14(8-10-15)13-19-20(17)18;1-3-4-2/h7-10,20H,3-6,11-13H2,1-2H3,(H,17,18);3-4H2,1-2H3. The van der Waals surface area contributed by atoms with Crippen LogP contribution in [0.5, 0.6) is 0 Å². The molecular formula is C19H36NO3P. The highest BCUT2D eigenvalue weighted by molar-refractivity contribution is 7.32. The molecule has 0 saturated heterocycles. The molecule has 1 unspecified atom stereocenters.